The second-order valence-electron chi connectivity index (χ2n) is 7.17. The first-order valence-electron chi connectivity index (χ1n) is 10.9. The third-order valence-corrected chi connectivity index (χ3v) is 9.76. The SMILES string of the molecule is CC.O=C1C(=P(c2ccccc2)(c2ccccc2)c2ccccc2)C=Nc2ccccc21. The molecule has 1 aliphatic rings. The Morgan fingerprint density at radius 1 is 0.562 bits per heavy atom. The summed E-state index contributed by atoms with van der Waals surface area (Å²) in [6, 6.07) is 38.8. The number of Topliss-reactive ketones (excluding diaryl/α,β-unsaturated/α-hetero) is 1. The number of fused-ring (bicyclic) bond motifs is 1. The first-order chi connectivity index (χ1) is 15.8. The van der Waals surface area contributed by atoms with Crippen molar-refractivity contribution in [2.45, 2.75) is 13.8 Å². The Morgan fingerprint density at radius 3 is 1.44 bits per heavy atom. The maximum absolute atomic E-state index is 13.9. The Morgan fingerprint density at radius 2 is 0.969 bits per heavy atom. The zero-order valence-corrected chi connectivity index (χ0v) is 19.2. The smallest absolute Gasteiger partial charge is 0.197 e. The van der Waals surface area contributed by atoms with Crippen molar-refractivity contribution < 1.29 is 4.79 Å². The number of benzene rings is 4. The number of nitrogens with zero attached hydrogens (tertiary/aromatic N) is 1. The van der Waals surface area contributed by atoms with Crippen LogP contribution in [0.3, 0.4) is 0 Å². The van der Waals surface area contributed by atoms with Crippen LogP contribution in [0, 0.1) is 0 Å². The number of ketones is 1. The predicted octanol–water partition coefficient (Wildman–Crippen LogP) is 5.78. The van der Waals surface area contributed by atoms with Crippen molar-refractivity contribution in [3.05, 3.63) is 121 Å². The molecule has 4 aromatic rings. The highest BCUT2D eigenvalue weighted by atomic mass is 31.2. The van der Waals surface area contributed by atoms with Crippen molar-refractivity contribution in [1.29, 1.82) is 0 Å². The summed E-state index contributed by atoms with van der Waals surface area (Å²) >= 11 is 0. The van der Waals surface area contributed by atoms with E-state index in [1.807, 2.05) is 62.5 Å². The molecule has 0 fully saturated rings. The van der Waals surface area contributed by atoms with Gasteiger partial charge in [-0.3, -0.25) is 9.79 Å². The van der Waals surface area contributed by atoms with Crippen LogP contribution < -0.4 is 15.9 Å². The topological polar surface area (TPSA) is 29.4 Å². The van der Waals surface area contributed by atoms with Gasteiger partial charge in [0.1, 0.15) is 0 Å². The molecule has 0 atom stereocenters. The first kappa shape index (κ1) is 21.7. The highest BCUT2D eigenvalue weighted by molar-refractivity contribution is 7.97. The minimum Gasteiger partial charge on any atom is -0.288 e. The van der Waals surface area contributed by atoms with Crippen molar-refractivity contribution >= 4 is 45.8 Å². The average Bonchev–Trinajstić information content (AvgIpc) is 2.89. The number of hydrogen-bond acceptors (Lipinski definition) is 2. The molecule has 0 aliphatic carbocycles. The molecule has 0 bridgehead atoms. The third kappa shape index (κ3) is 3.68. The van der Waals surface area contributed by atoms with Crippen LogP contribution in [0.15, 0.2) is 120 Å². The van der Waals surface area contributed by atoms with Gasteiger partial charge in [0.05, 0.1) is 11.0 Å². The summed E-state index contributed by atoms with van der Waals surface area (Å²) in [6.45, 7) is 1.58. The number of carbonyl (C=O) groups excluding carboxylic acids is 1. The summed E-state index contributed by atoms with van der Waals surface area (Å²) in [4.78, 5) is 18.6. The van der Waals surface area contributed by atoms with Gasteiger partial charge in [0.2, 0.25) is 0 Å². The van der Waals surface area contributed by atoms with Crippen molar-refractivity contribution in [2.75, 3.05) is 0 Å². The Kier molecular flexibility index (Phi) is 6.63. The quantitative estimate of drug-likeness (QED) is 0.375. The van der Waals surface area contributed by atoms with Crippen LogP contribution in [0.2, 0.25) is 0 Å². The van der Waals surface area contributed by atoms with Crippen LogP contribution in [0.1, 0.15) is 24.2 Å². The summed E-state index contributed by atoms with van der Waals surface area (Å²) in [5, 5.41) is 4.22. The molecule has 3 heteroatoms. The minimum atomic E-state index is -2.42. The molecule has 0 unspecified atom stereocenters. The second-order valence-corrected chi connectivity index (χ2v) is 10.5. The van der Waals surface area contributed by atoms with Gasteiger partial charge in [-0.15, -0.1) is 0 Å². The normalized spacial score (nSPS) is 12.6. The Hall–Kier alpha value is -3.48. The fraction of sp³-hybridized carbons (Fsp3) is 0.0690. The van der Waals surface area contributed by atoms with E-state index in [2.05, 4.69) is 72.8 Å². The van der Waals surface area contributed by atoms with Crippen molar-refractivity contribution in [1.82, 2.24) is 0 Å². The molecule has 1 heterocycles. The lowest BCUT2D eigenvalue weighted by Crippen LogP contribution is -2.35. The Labute approximate surface area is 190 Å². The third-order valence-electron chi connectivity index (χ3n) is 5.50. The molecule has 32 heavy (non-hydrogen) atoms. The van der Waals surface area contributed by atoms with Gasteiger partial charge in [-0.2, -0.15) is 0 Å². The van der Waals surface area contributed by atoms with Crippen LogP contribution in [0.4, 0.5) is 5.69 Å². The predicted molar refractivity (Wildman–Crippen MR) is 140 cm³/mol. The van der Waals surface area contributed by atoms with Crippen LogP contribution >= 0.6 is 6.89 Å². The number of carbonyl (C=O) groups is 1. The number of para-hydroxylation sites is 1. The largest absolute Gasteiger partial charge is 0.288 e. The lowest BCUT2D eigenvalue weighted by Gasteiger charge is -2.32. The summed E-state index contributed by atoms with van der Waals surface area (Å²) in [6.07, 6.45) is 1.81. The van der Waals surface area contributed by atoms with Crippen molar-refractivity contribution in [2.24, 2.45) is 4.99 Å². The summed E-state index contributed by atoms with van der Waals surface area (Å²) in [7, 11) is 0. The number of aliphatic imine (C=N–C) groups is 1. The van der Waals surface area contributed by atoms with E-state index in [4.69, 9.17) is 4.99 Å². The van der Waals surface area contributed by atoms with E-state index in [-0.39, 0.29) is 5.78 Å². The maximum atomic E-state index is 13.9. The maximum Gasteiger partial charge on any atom is 0.197 e. The molecule has 0 radical (unpaired) electrons. The van der Waals surface area contributed by atoms with Gasteiger partial charge in [0, 0.05) is 11.8 Å². The van der Waals surface area contributed by atoms with E-state index in [0.29, 0.717) is 5.56 Å². The zero-order chi connectivity index (χ0) is 22.4. The van der Waals surface area contributed by atoms with Crippen LogP contribution in [0.5, 0.6) is 0 Å². The molecule has 4 aromatic carbocycles. The van der Waals surface area contributed by atoms with Gasteiger partial charge in [0.25, 0.3) is 0 Å². The van der Waals surface area contributed by atoms with Gasteiger partial charge in [-0.1, -0.05) is 117 Å². The van der Waals surface area contributed by atoms with Gasteiger partial charge in [-0.25, -0.2) is 0 Å². The second kappa shape index (κ2) is 9.77. The number of rotatable bonds is 3. The lowest BCUT2D eigenvalue weighted by molar-refractivity contribution is 0.107. The van der Waals surface area contributed by atoms with Crippen LogP contribution in [0.25, 0.3) is 0 Å². The monoisotopic (exact) mass is 435 g/mol. The fourth-order valence-electron chi connectivity index (χ4n) is 4.16. The standard InChI is InChI=1S/C27H20NOP.C2H6/c29-27-24-18-10-11-19-25(24)28-20-26(27)30(21-12-4-1-5-13-21,22-14-6-2-7-15-22)23-16-8-3-9-17-23;1-2/h1-20H;1-2H3. The number of hydrogen-bond donors (Lipinski definition) is 0. The first-order valence-corrected chi connectivity index (χ1v) is 12.7. The average molecular weight is 436 g/mol. The molecule has 0 saturated heterocycles. The molecule has 158 valence electrons. The van der Waals surface area contributed by atoms with Gasteiger partial charge < -0.3 is 0 Å². The van der Waals surface area contributed by atoms with E-state index in [0.717, 1.165) is 26.9 Å². The molecular weight excluding hydrogens is 409 g/mol. The van der Waals surface area contributed by atoms with Crippen molar-refractivity contribution in [3.63, 3.8) is 0 Å². The van der Waals surface area contributed by atoms with E-state index < -0.39 is 6.89 Å². The molecular formula is C29H26NOP. The zero-order valence-electron chi connectivity index (χ0n) is 18.3. The molecule has 0 spiro atoms. The molecule has 0 N–H and O–H groups in total. The van der Waals surface area contributed by atoms with E-state index in [1.54, 1.807) is 0 Å². The van der Waals surface area contributed by atoms with Gasteiger partial charge in [0.15, 0.2) is 5.78 Å². The highest BCUT2D eigenvalue weighted by Gasteiger charge is 2.34. The fourth-order valence-corrected chi connectivity index (χ4v) is 8.41. The molecule has 0 aromatic heterocycles. The highest BCUT2D eigenvalue weighted by Crippen LogP contribution is 2.47. The summed E-state index contributed by atoms with van der Waals surface area (Å²) < 4.78 is 0. The molecule has 2 nitrogen and oxygen atoms in total. The van der Waals surface area contributed by atoms with Crippen molar-refractivity contribution in [3.8, 4) is 0 Å². The van der Waals surface area contributed by atoms with Gasteiger partial charge >= 0.3 is 0 Å². The minimum absolute atomic E-state index is 0.0606. The van der Waals surface area contributed by atoms with E-state index in [1.165, 1.54) is 0 Å². The Balaban J connectivity index is 0.00000119. The summed E-state index contributed by atoms with van der Waals surface area (Å²) in [5.41, 5.74) is 1.40. The van der Waals surface area contributed by atoms with E-state index in [9.17, 15) is 4.79 Å². The molecule has 0 amide bonds. The molecule has 5 rings (SSSR count). The lowest BCUT2D eigenvalue weighted by atomic mass is 10.0. The van der Waals surface area contributed by atoms with Crippen LogP contribution in [-0.2, 0) is 0 Å². The van der Waals surface area contributed by atoms with Gasteiger partial charge in [-0.05, 0) is 34.9 Å². The Bertz CT molecular complexity index is 1190. The molecule has 1 aliphatic heterocycles. The van der Waals surface area contributed by atoms with Crippen LogP contribution in [-0.4, -0.2) is 17.3 Å². The molecule has 0 saturated carbocycles. The van der Waals surface area contributed by atoms with E-state index >= 15 is 0 Å². The summed E-state index contributed by atoms with van der Waals surface area (Å²) in [5.74, 6) is 0.0606.